The van der Waals surface area contributed by atoms with Gasteiger partial charge in [0.1, 0.15) is 11.6 Å². The molecule has 0 bridgehead atoms. The number of benzene rings is 3. The van der Waals surface area contributed by atoms with Gasteiger partial charge in [-0.1, -0.05) is 42.5 Å². The van der Waals surface area contributed by atoms with E-state index in [2.05, 4.69) is 32.6 Å². The maximum Gasteiger partial charge on any atom is 0.271 e. The molecule has 1 aromatic heterocycles. The number of ether oxygens (including phenoxy) is 1. The van der Waals surface area contributed by atoms with E-state index in [1.54, 1.807) is 18.3 Å². The lowest BCUT2D eigenvalue weighted by atomic mass is 10.1. The number of hydrazone groups is 1. The molecule has 1 amide bonds. The molecule has 0 aliphatic heterocycles. The number of aromatic amines is 1. The van der Waals surface area contributed by atoms with E-state index in [1.807, 2.05) is 55.5 Å². The Bertz CT molecular complexity index is 1180. The van der Waals surface area contributed by atoms with E-state index in [4.69, 9.17) is 4.74 Å². The second-order valence-corrected chi connectivity index (χ2v) is 6.78. The van der Waals surface area contributed by atoms with Crippen molar-refractivity contribution in [3.63, 3.8) is 0 Å². The van der Waals surface area contributed by atoms with Crippen molar-refractivity contribution in [1.82, 2.24) is 15.4 Å². The molecule has 150 valence electrons. The Morgan fingerprint density at radius 1 is 1.10 bits per heavy atom. The minimum absolute atomic E-state index is 0.284. The number of amides is 1. The first-order chi connectivity index (χ1) is 14.7. The predicted octanol–water partition coefficient (Wildman–Crippen LogP) is 4.32. The summed E-state index contributed by atoms with van der Waals surface area (Å²) < 4.78 is 5.47. The second-order valence-electron chi connectivity index (χ2n) is 6.78. The van der Waals surface area contributed by atoms with Crippen LogP contribution in [0.1, 0.15) is 34.2 Å². The largest absolute Gasteiger partial charge is 0.494 e. The van der Waals surface area contributed by atoms with Crippen LogP contribution in [0.15, 0.2) is 77.9 Å². The van der Waals surface area contributed by atoms with Crippen molar-refractivity contribution in [3.8, 4) is 5.75 Å². The van der Waals surface area contributed by atoms with Gasteiger partial charge < -0.3 is 9.72 Å². The third kappa shape index (κ3) is 4.72. The van der Waals surface area contributed by atoms with Crippen LogP contribution < -0.4 is 10.2 Å². The average Bonchev–Trinajstić information content (AvgIpc) is 3.16. The van der Waals surface area contributed by atoms with Gasteiger partial charge >= 0.3 is 0 Å². The van der Waals surface area contributed by atoms with Crippen LogP contribution in [0.2, 0.25) is 0 Å². The highest BCUT2D eigenvalue weighted by Gasteiger charge is 2.09. The van der Waals surface area contributed by atoms with E-state index < -0.39 is 0 Å². The highest BCUT2D eigenvalue weighted by atomic mass is 16.5. The fourth-order valence-electron chi connectivity index (χ4n) is 3.16. The zero-order valence-electron chi connectivity index (χ0n) is 16.6. The minimum Gasteiger partial charge on any atom is -0.494 e. The highest BCUT2D eigenvalue weighted by Crippen LogP contribution is 2.16. The number of H-pyrrole nitrogens is 1. The van der Waals surface area contributed by atoms with Crippen molar-refractivity contribution >= 4 is 23.2 Å². The summed E-state index contributed by atoms with van der Waals surface area (Å²) in [6, 6.07) is 23.0. The lowest BCUT2D eigenvalue weighted by molar-refractivity contribution is 0.0955. The molecule has 6 heteroatoms. The smallest absolute Gasteiger partial charge is 0.271 e. The Hall–Kier alpha value is -3.93. The van der Waals surface area contributed by atoms with Crippen molar-refractivity contribution in [2.75, 3.05) is 6.61 Å². The van der Waals surface area contributed by atoms with Gasteiger partial charge in [-0.3, -0.25) is 4.79 Å². The average molecular weight is 398 g/mol. The monoisotopic (exact) mass is 398 g/mol. The SMILES string of the molecule is CCOc1cccc(/C=N\NC(=O)c2ccc3nc(Cc4ccccc4)[nH]c3c2)c1. The molecule has 0 fully saturated rings. The summed E-state index contributed by atoms with van der Waals surface area (Å²) >= 11 is 0. The molecule has 0 aliphatic rings. The fraction of sp³-hybridized carbons (Fsp3) is 0.125. The number of imidazole rings is 1. The van der Waals surface area contributed by atoms with Crippen molar-refractivity contribution in [1.29, 1.82) is 0 Å². The van der Waals surface area contributed by atoms with Crippen LogP contribution in [0.4, 0.5) is 0 Å². The third-order valence-electron chi connectivity index (χ3n) is 4.56. The summed E-state index contributed by atoms with van der Waals surface area (Å²) in [4.78, 5) is 20.4. The highest BCUT2D eigenvalue weighted by molar-refractivity contribution is 5.97. The number of carbonyl (C=O) groups excluding carboxylic acids is 1. The molecule has 0 aliphatic carbocycles. The molecule has 3 aromatic carbocycles. The Morgan fingerprint density at radius 3 is 2.80 bits per heavy atom. The van der Waals surface area contributed by atoms with Gasteiger partial charge in [0.25, 0.3) is 5.91 Å². The zero-order chi connectivity index (χ0) is 20.8. The number of aromatic nitrogens is 2. The number of hydrogen-bond acceptors (Lipinski definition) is 4. The van der Waals surface area contributed by atoms with E-state index >= 15 is 0 Å². The summed E-state index contributed by atoms with van der Waals surface area (Å²) in [6.45, 7) is 2.53. The summed E-state index contributed by atoms with van der Waals surface area (Å²) in [5.41, 5.74) is 6.75. The van der Waals surface area contributed by atoms with Crippen LogP contribution >= 0.6 is 0 Å². The lowest BCUT2D eigenvalue weighted by Gasteiger charge is -2.03. The van der Waals surface area contributed by atoms with Gasteiger partial charge in [0, 0.05) is 12.0 Å². The first-order valence-electron chi connectivity index (χ1n) is 9.80. The van der Waals surface area contributed by atoms with Gasteiger partial charge in [0.15, 0.2) is 0 Å². The second kappa shape index (κ2) is 9.05. The molecule has 4 rings (SSSR count). The molecule has 4 aromatic rings. The van der Waals surface area contributed by atoms with E-state index in [0.717, 1.165) is 28.2 Å². The molecule has 2 N–H and O–H groups in total. The molecule has 0 unspecified atom stereocenters. The van der Waals surface area contributed by atoms with Crippen molar-refractivity contribution < 1.29 is 9.53 Å². The summed E-state index contributed by atoms with van der Waals surface area (Å²) in [5, 5.41) is 4.05. The van der Waals surface area contributed by atoms with Crippen LogP contribution in [0, 0.1) is 0 Å². The topological polar surface area (TPSA) is 79.4 Å². The summed E-state index contributed by atoms with van der Waals surface area (Å²) in [6.07, 6.45) is 2.30. The molecule has 1 heterocycles. The fourth-order valence-corrected chi connectivity index (χ4v) is 3.16. The van der Waals surface area contributed by atoms with Crippen molar-refractivity contribution in [3.05, 3.63) is 95.3 Å². The van der Waals surface area contributed by atoms with Gasteiger partial charge in [-0.2, -0.15) is 5.10 Å². The van der Waals surface area contributed by atoms with Gasteiger partial charge in [-0.15, -0.1) is 0 Å². The number of carbonyl (C=O) groups is 1. The van der Waals surface area contributed by atoms with E-state index in [0.29, 0.717) is 18.6 Å². The molecule has 0 radical (unpaired) electrons. The predicted molar refractivity (Wildman–Crippen MR) is 118 cm³/mol. The van der Waals surface area contributed by atoms with Crippen LogP contribution in [-0.4, -0.2) is 28.7 Å². The number of fused-ring (bicyclic) bond motifs is 1. The number of rotatable bonds is 7. The Balaban J connectivity index is 1.43. The lowest BCUT2D eigenvalue weighted by Crippen LogP contribution is -2.17. The van der Waals surface area contributed by atoms with Crippen molar-refractivity contribution in [2.45, 2.75) is 13.3 Å². The van der Waals surface area contributed by atoms with E-state index in [-0.39, 0.29) is 5.91 Å². The molecule has 0 saturated heterocycles. The Morgan fingerprint density at radius 2 is 1.97 bits per heavy atom. The van der Waals surface area contributed by atoms with Crippen molar-refractivity contribution in [2.24, 2.45) is 5.10 Å². The van der Waals surface area contributed by atoms with E-state index in [9.17, 15) is 4.79 Å². The number of nitrogens with one attached hydrogen (secondary N) is 2. The Labute approximate surface area is 174 Å². The molecule has 0 saturated carbocycles. The number of hydrogen-bond donors (Lipinski definition) is 2. The standard InChI is InChI=1S/C24H22N4O2/c1-2-30-20-10-6-9-18(13-20)16-25-28-24(29)19-11-12-21-22(15-19)27-23(26-21)14-17-7-4-3-5-8-17/h3-13,15-16H,2,14H2,1H3,(H,26,27)(H,28,29)/b25-16-. The summed E-state index contributed by atoms with van der Waals surface area (Å²) in [5.74, 6) is 1.35. The van der Waals surface area contributed by atoms with Crippen LogP contribution in [0.3, 0.4) is 0 Å². The van der Waals surface area contributed by atoms with Gasteiger partial charge in [-0.25, -0.2) is 10.4 Å². The normalized spacial score (nSPS) is 11.1. The maximum atomic E-state index is 12.5. The van der Waals surface area contributed by atoms with Crippen LogP contribution in [-0.2, 0) is 6.42 Å². The molecule has 0 spiro atoms. The van der Waals surface area contributed by atoms with E-state index in [1.165, 1.54) is 5.56 Å². The van der Waals surface area contributed by atoms with Gasteiger partial charge in [0.05, 0.1) is 23.9 Å². The first kappa shape index (κ1) is 19.4. The molecular formula is C24H22N4O2. The first-order valence-corrected chi connectivity index (χ1v) is 9.80. The zero-order valence-corrected chi connectivity index (χ0v) is 16.6. The third-order valence-corrected chi connectivity index (χ3v) is 4.56. The molecule has 0 atom stereocenters. The van der Waals surface area contributed by atoms with Crippen LogP contribution in [0.25, 0.3) is 11.0 Å². The number of nitrogens with zero attached hydrogens (tertiary/aromatic N) is 2. The molecule has 6 nitrogen and oxygen atoms in total. The quantitative estimate of drug-likeness (QED) is 0.359. The van der Waals surface area contributed by atoms with Crippen LogP contribution in [0.5, 0.6) is 5.75 Å². The summed E-state index contributed by atoms with van der Waals surface area (Å²) in [7, 11) is 0. The van der Waals surface area contributed by atoms with Gasteiger partial charge in [0.2, 0.25) is 0 Å². The Kier molecular flexibility index (Phi) is 5.85. The minimum atomic E-state index is -0.284. The molecular weight excluding hydrogens is 376 g/mol. The van der Waals surface area contributed by atoms with Gasteiger partial charge in [-0.05, 0) is 48.4 Å². The molecule has 30 heavy (non-hydrogen) atoms. The maximum absolute atomic E-state index is 12.5.